The van der Waals surface area contributed by atoms with E-state index in [4.69, 9.17) is 4.42 Å². The van der Waals surface area contributed by atoms with Gasteiger partial charge in [0, 0.05) is 0 Å². The zero-order valence-electron chi connectivity index (χ0n) is 11.8. The summed E-state index contributed by atoms with van der Waals surface area (Å²) in [6.07, 6.45) is 1.55. The fraction of sp³-hybridized carbons (Fsp3) is 0.333. The molecule has 1 atom stereocenters. The molecule has 0 aliphatic carbocycles. The monoisotopic (exact) mass is 293 g/mol. The highest BCUT2D eigenvalue weighted by atomic mass is 32.2. The lowest BCUT2D eigenvalue weighted by atomic mass is 10.0. The third-order valence-corrected chi connectivity index (χ3v) is 4.59. The quantitative estimate of drug-likeness (QED) is 0.920. The Morgan fingerprint density at radius 2 is 1.75 bits per heavy atom. The van der Waals surface area contributed by atoms with Gasteiger partial charge in [0.2, 0.25) is 10.0 Å². The Kier molecular flexibility index (Phi) is 4.30. The van der Waals surface area contributed by atoms with Gasteiger partial charge < -0.3 is 4.42 Å². The molecule has 0 amide bonds. The van der Waals surface area contributed by atoms with Gasteiger partial charge >= 0.3 is 0 Å². The molecule has 1 aromatic heterocycles. The highest BCUT2D eigenvalue weighted by molar-refractivity contribution is 7.89. The Morgan fingerprint density at radius 3 is 2.25 bits per heavy atom. The van der Waals surface area contributed by atoms with Crippen molar-refractivity contribution in [2.45, 2.75) is 31.7 Å². The number of benzene rings is 1. The second kappa shape index (κ2) is 5.81. The van der Waals surface area contributed by atoms with E-state index in [1.165, 1.54) is 0 Å². The molecule has 0 saturated heterocycles. The summed E-state index contributed by atoms with van der Waals surface area (Å²) in [6.45, 7) is 5.82. The van der Waals surface area contributed by atoms with Crippen LogP contribution in [0.4, 0.5) is 0 Å². The second-order valence-corrected chi connectivity index (χ2v) is 6.89. The number of rotatable bonds is 5. The number of aryl methyl sites for hydroxylation is 1. The van der Waals surface area contributed by atoms with Crippen molar-refractivity contribution in [3.63, 3.8) is 0 Å². The van der Waals surface area contributed by atoms with Crippen LogP contribution in [0, 0.1) is 12.8 Å². The maximum Gasteiger partial charge on any atom is 0.241 e. The number of sulfonamides is 1. The molecule has 1 aromatic carbocycles. The van der Waals surface area contributed by atoms with Gasteiger partial charge in [-0.25, -0.2) is 13.1 Å². The smallest absolute Gasteiger partial charge is 0.241 e. The van der Waals surface area contributed by atoms with E-state index in [9.17, 15) is 8.42 Å². The van der Waals surface area contributed by atoms with Crippen LogP contribution in [0.1, 0.15) is 31.2 Å². The molecule has 0 aliphatic heterocycles. The summed E-state index contributed by atoms with van der Waals surface area (Å²) in [7, 11) is -3.56. The van der Waals surface area contributed by atoms with Gasteiger partial charge in [0.05, 0.1) is 17.2 Å². The van der Waals surface area contributed by atoms with Crippen molar-refractivity contribution in [2.24, 2.45) is 5.92 Å². The van der Waals surface area contributed by atoms with E-state index in [0.29, 0.717) is 5.76 Å². The van der Waals surface area contributed by atoms with E-state index in [0.717, 1.165) is 5.56 Å². The Balaban J connectivity index is 2.28. The highest BCUT2D eigenvalue weighted by Gasteiger charge is 2.25. The second-order valence-electron chi connectivity index (χ2n) is 5.17. The molecule has 4 nitrogen and oxygen atoms in total. The number of furan rings is 1. The van der Waals surface area contributed by atoms with Crippen LogP contribution in [0.2, 0.25) is 0 Å². The van der Waals surface area contributed by atoms with Crippen molar-refractivity contribution in [1.82, 2.24) is 4.72 Å². The summed E-state index contributed by atoms with van der Waals surface area (Å²) in [5.41, 5.74) is 1.02. The first-order valence-electron chi connectivity index (χ1n) is 6.52. The summed E-state index contributed by atoms with van der Waals surface area (Å²) in [5.74, 6) is 0.706. The molecular formula is C15H19NO3S. The van der Waals surface area contributed by atoms with Crippen molar-refractivity contribution in [2.75, 3.05) is 0 Å². The molecular weight excluding hydrogens is 274 g/mol. The summed E-state index contributed by atoms with van der Waals surface area (Å²) in [6, 6.07) is 9.94. The Hall–Kier alpha value is -1.59. The summed E-state index contributed by atoms with van der Waals surface area (Å²) in [4.78, 5) is 0.264. The molecule has 20 heavy (non-hydrogen) atoms. The maximum atomic E-state index is 12.4. The van der Waals surface area contributed by atoms with Crippen LogP contribution in [-0.2, 0) is 10.0 Å². The van der Waals surface area contributed by atoms with Gasteiger partial charge in [-0.2, -0.15) is 0 Å². The SMILES string of the molecule is Cc1ccc(S(=O)(=O)NC(c2ccco2)C(C)C)cc1. The molecule has 0 saturated carbocycles. The number of hydrogen-bond acceptors (Lipinski definition) is 3. The number of hydrogen-bond donors (Lipinski definition) is 1. The zero-order chi connectivity index (χ0) is 14.8. The minimum absolute atomic E-state index is 0.0846. The fourth-order valence-corrected chi connectivity index (χ4v) is 3.30. The van der Waals surface area contributed by atoms with Gasteiger partial charge in [-0.15, -0.1) is 0 Å². The maximum absolute atomic E-state index is 12.4. The first kappa shape index (κ1) is 14.8. The van der Waals surface area contributed by atoms with Crippen molar-refractivity contribution in [3.05, 3.63) is 54.0 Å². The van der Waals surface area contributed by atoms with Crippen LogP contribution in [-0.4, -0.2) is 8.42 Å². The van der Waals surface area contributed by atoms with Gasteiger partial charge in [-0.1, -0.05) is 31.5 Å². The standard InChI is InChI=1S/C15H19NO3S/c1-11(2)15(14-5-4-10-19-14)16-20(17,18)13-8-6-12(3)7-9-13/h4-11,15-16H,1-3H3. The average Bonchev–Trinajstić information content (AvgIpc) is 2.90. The molecule has 0 radical (unpaired) electrons. The van der Waals surface area contributed by atoms with E-state index in [1.54, 1.807) is 42.7 Å². The van der Waals surface area contributed by atoms with Gasteiger partial charge in [0.25, 0.3) is 0 Å². The van der Waals surface area contributed by atoms with Crippen molar-refractivity contribution in [1.29, 1.82) is 0 Å². The van der Waals surface area contributed by atoms with E-state index in [1.807, 2.05) is 20.8 Å². The lowest BCUT2D eigenvalue weighted by molar-refractivity contribution is 0.377. The van der Waals surface area contributed by atoms with Crippen molar-refractivity contribution in [3.8, 4) is 0 Å². The first-order valence-corrected chi connectivity index (χ1v) is 8.01. The summed E-state index contributed by atoms with van der Waals surface area (Å²) in [5, 5.41) is 0. The zero-order valence-corrected chi connectivity index (χ0v) is 12.6. The van der Waals surface area contributed by atoms with Crippen LogP contribution < -0.4 is 4.72 Å². The molecule has 1 heterocycles. The van der Waals surface area contributed by atoms with Crippen molar-refractivity contribution < 1.29 is 12.8 Å². The molecule has 0 spiro atoms. The van der Waals surface area contributed by atoms with Crippen LogP contribution >= 0.6 is 0 Å². The minimum atomic E-state index is -3.56. The molecule has 2 rings (SSSR count). The first-order chi connectivity index (χ1) is 9.40. The summed E-state index contributed by atoms with van der Waals surface area (Å²) >= 11 is 0. The van der Waals surface area contributed by atoms with Crippen LogP contribution in [0.15, 0.2) is 52.0 Å². The van der Waals surface area contributed by atoms with Gasteiger partial charge in [0.1, 0.15) is 5.76 Å². The average molecular weight is 293 g/mol. The topological polar surface area (TPSA) is 59.3 Å². The Bertz CT molecular complexity index is 643. The molecule has 1 unspecified atom stereocenters. The largest absolute Gasteiger partial charge is 0.468 e. The molecule has 5 heteroatoms. The van der Waals surface area contributed by atoms with E-state index in [2.05, 4.69) is 4.72 Å². The number of nitrogens with one attached hydrogen (secondary N) is 1. The summed E-state index contributed by atoms with van der Waals surface area (Å²) < 4.78 is 32.8. The Labute approximate surface area is 119 Å². The molecule has 2 aromatic rings. The van der Waals surface area contributed by atoms with Gasteiger partial charge in [0.15, 0.2) is 0 Å². The van der Waals surface area contributed by atoms with E-state index >= 15 is 0 Å². The molecule has 0 fully saturated rings. The predicted molar refractivity (Wildman–Crippen MR) is 77.8 cm³/mol. The van der Waals surface area contributed by atoms with Crippen LogP contribution in [0.25, 0.3) is 0 Å². The predicted octanol–water partition coefficient (Wildman–Crippen LogP) is 3.26. The Morgan fingerprint density at radius 1 is 1.10 bits per heavy atom. The lowest BCUT2D eigenvalue weighted by Gasteiger charge is -2.20. The fourth-order valence-electron chi connectivity index (χ4n) is 1.94. The third kappa shape index (κ3) is 3.29. The van der Waals surface area contributed by atoms with Crippen LogP contribution in [0.5, 0.6) is 0 Å². The minimum Gasteiger partial charge on any atom is -0.468 e. The highest BCUT2D eigenvalue weighted by Crippen LogP contribution is 2.24. The molecule has 0 bridgehead atoms. The molecule has 0 aliphatic rings. The van der Waals surface area contributed by atoms with Gasteiger partial charge in [-0.3, -0.25) is 0 Å². The van der Waals surface area contributed by atoms with Crippen LogP contribution in [0.3, 0.4) is 0 Å². The van der Waals surface area contributed by atoms with E-state index in [-0.39, 0.29) is 16.9 Å². The third-order valence-electron chi connectivity index (χ3n) is 3.13. The molecule has 108 valence electrons. The van der Waals surface area contributed by atoms with E-state index < -0.39 is 10.0 Å². The lowest BCUT2D eigenvalue weighted by Crippen LogP contribution is -2.31. The normalized spacial score (nSPS) is 13.6. The van der Waals surface area contributed by atoms with Gasteiger partial charge in [-0.05, 0) is 37.1 Å². The van der Waals surface area contributed by atoms with Crippen molar-refractivity contribution >= 4 is 10.0 Å². The molecule has 1 N–H and O–H groups in total.